The Morgan fingerprint density at radius 3 is 2.27 bits per heavy atom. The Bertz CT molecular complexity index is 1160. The van der Waals surface area contributed by atoms with Crippen molar-refractivity contribution >= 4 is 6.03 Å². The van der Waals surface area contributed by atoms with E-state index in [0.29, 0.717) is 12.1 Å². The first-order chi connectivity index (χ1) is 18.3. The number of amides is 2. The molecule has 0 spiro atoms. The van der Waals surface area contributed by atoms with Crippen molar-refractivity contribution in [2.45, 2.75) is 69.6 Å². The summed E-state index contributed by atoms with van der Waals surface area (Å²) in [7, 11) is 0. The number of nitrogens with zero attached hydrogens (tertiary/aromatic N) is 6. The first-order valence-electron chi connectivity index (χ1n) is 13.8. The first kappa shape index (κ1) is 24.0. The van der Waals surface area contributed by atoms with Crippen LogP contribution in [0.2, 0.25) is 0 Å². The molecule has 3 fully saturated rings. The molecule has 1 aliphatic carbocycles. The van der Waals surface area contributed by atoms with Gasteiger partial charge in [-0.3, -0.25) is 9.88 Å². The van der Waals surface area contributed by atoms with Crippen molar-refractivity contribution in [1.82, 2.24) is 29.7 Å². The van der Waals surface area contributed by atoms with Crippen molar-refractivity contribution in [3.8, 4) is 11.3 Å². The third-order valence-corrected chi connectivity index (χ3v) is 8.41. The monoisotopic (exact) mass is 496 g/mol. The van der Waals surface area contributed by atoms with E-state index < -0.39 is 0 Å². The zero-order valence-corrected chi connectivity index (χ0v) is 21.5. The van der Waals surface area contributed by atoms with E-state index in [-0.39, 0.29) is 12.1 Å². The Kier molecular flexibility index (Phi) is 7.13. The lowest BCUT2D eigenvalue weighted by atomic mass is 9.94. The van der Waals surface area contributed by atoms with E-state index in [4.69, 9.17) is 0 Å². The normalized spacial score (nSPS) is 22.1. The minimum atomic E-state index is 0.158. The van der Waals surface area contributed by atoms with Gasteiger partial charge < -0.3 is 9.80 Å². The number of hydrogen-bond donors (Lipinski definition) is 0. The minimum Gasteiger partial charge on any atom is -0.319 e. The lowest BCUT2D eigenvalue weighted by Crippen LogP contribution is -2.48. The lowest BCUT2D eigenvalue weighted by Gasteiger charge is -2.39. The molecule has 4 heterocycles. The molecule has 1 aromatic carbocycles. The van der Waals surface area contributed by atoms with E-state index in [9.17, 15) is 4.79 Å². The van der Waals surface area contributed by atoms with E-state index >= 15 is 0 Å². The van der Waals surface area contributed by atoms with E-state index in [1.165, 1.54) is 36.7 Å². The van der Waals surface area contributed by atoms with Gasteiger partial charge in [-0.1, -0.05) is 55.7 Å². The Labute approximate surface area is 219 Å². The molecular formula is C30H36N6O. The molecule has 2 saturated heterocycles. The summed E-state index contributed by atoms with van der Waals surface area (Å²) in [6, 6.07) is 16.0. The zero-order chi connectivity index (χ0) is 25.0. The number of carbonyl (C=O) groups excluding carboxylic acids is 1. The molecule has 0 radical (unpaired) electrons. The van der Waals surface area contributed by atoms with E-state index in [0.717, 1.165) is 63.1 Å². The summed E-state index contributed by atoms with van der Waals surface area (Å²) in [5.41, 5.74) is 4.30. The summed E-state index contributed by atoms with van der Waals surface area (Å²) >= 11 is 0. The van der Waals surface area contributed by atoms with E-state index in [2.05, 4.69) is 66.0 Å². The smallest absolute Gasteiger partial charge is 0.319 e. The standard InChI is InChI=1S/C30H36N6O/c37-30-35(26-9-5-2-6-10-26)21-29(24-7-3-1-4-8-24)36(30)27-13-15-34(16-14-27)20-23-11-12-28(33-17-23)25-18-31-22-32-19-25/h1,3-4,7-8,11-12,17-19,22,26-27,29H,2,5-6,9-10,13-16,20-21H2/t29-/m0/s1. The van der Waals surface area contributed by atoms with Gasteiger partial charge in [-0.05, 0) is 42.9 Å². The first-order valence-corrected chi connectivity index (χ1v) is 13.8. The molecule has 1 saturated carbocycles. The maximum atomic E-state index is 13.8. The Morgan fingerprint density at radius 2 is 1.57 bits per heavy atom. The van der Waals surface area contributed by atoms with Crippen LogP contribution in [0.25, 0.3) is 11.3 Å². The lowest BCUT2D eigenvalue weighted by molar-refractivity contribution is 0.106. The van der Waals surface area contributed by atoms with Crippen molar-refractivity contribution in [2.24, 2.45) is 0 Å². The number of urea groups is 1. The molecule has 1 atom stereocenters. The molecule has 7 heteroatoms. The van der Waals surface area contributed by atoms with Gasteiger partial charge in [0.2, 0.25) is 0 Å². The van der Waals surface area contributed by atoms with Gasteiger partial charge in [0.15, 0.2) is 0 Å². The van der Waals surface area contributed by atoms with E-state index in [1.807, 2.05) is 12.3 Å². The number of likely N-dealkylation sites (tertiary alicyclic amines) is 1. The molecule has 7 nitrogen and oxygen atoms in total. The van der Waals surface area contributed by atoms with Crippen LogP contribution in [0, 0.1) is 0 Å². The predicted octanol–water partition coefficient (Wildman–Crippen LogP) is 5.31. The number of benzene rings is 1. The van der Waals surface area contributed by atoms with Gasteiger partial charge in [0.25, 0.3) is 0 Å². The highest BCUT2D eigenvalue weighted by atomic mass is 16.2. The van der Waals surface area contributed by atoms with Crippen LogP contribution in [0.4, 0.5) is 4.79 Å². The van der Waals surface area contributed by atoms with Gasteiger partial charge in [0, 0.05) is 62.4 Å². The van der Waals surface area contributed by atoms with Crippen molar-refractivity contribution < 1.29 is 4.79 Å². The molecule has 2 aromatic heterocycles. The number of hydrogen-bond acceptors (Lipinski definition) is 5. The van der Waals surface area contributed by atoms with E-state index in [1.54, 1.807) is 12.4 Å². The fraction of sp³-hybridized carbons (Fsp3) is 0.467. The largest absolute Gasteiger partial charge is 0.321 e. The van der Waals surface area contributed by atoms with Crippen molar-refractivity contribution in [2.75, 3.05) is 19.6 Å². The quantitative estimate of drug-likeness (QED) is 0.462. The molecule has 6 rings (SSSR count). The van der Waals surface area contributed by atoms with Crippen molar-refractivity contribution in [3.05, 3.63) is 78.5 Å². The fourth-order valence-electron chi connectivity index (χ4n) is 6.42. The van der Waals surface area contributed by atoms with Crippen LogP contribution in [-0.2, 0) is 6.54 Å². The highest BCUT2D eigenvalue weighted by molar-refractivity contribution is 5.78. The topological polar surface area (TPSA) is 65.5 Å². The Morgan fingerprint density at radius 1 is 0.811 bits per heavy atom. The maximum absolute atomic E-state index is 13.8. The highest BCUT2D eigenvalue weighted by Gasteiger charge is 2.45. The van der Waals surface area contributed by atoms with Crippen LogP contribution >= 0.6 is 0 Å². The summed E-state index contributed by atoms with van der Waals surface area (Å²) < 4.78 is 0. The van der Waals surface area contributed by atoms with Crippen LogP contribution in [-0.4, -0.2) is 67.4 Å². The molecule has 37 heavy (non-hydrogen) atoms. The van der Waals surface area contributed by atoms with Gasteiger partial charge in [-0.25, -0.2) is 14.8 Å². The summed E-state index contributed by atoms with van der Waals surface area (Å²) in [4.78, 5) is 33.6. The number of carbonyl (C=O) groups is 1. The molecule has 3 aliphatic rings. The molecule has 2 amide bonds. The van der Waals surface area contributed by atoms with Crippen molar-refractivity contribution in [3.63, 3.8) is 0 Å². The van der Waals surface area contributed by atoms with Gasteiger partial charge in [0.1, 0.15) is 6.33 Å². The second-order valence-electron chi connectivity index (χ2n) is 10.7. The van der Waals surface area contributed by atoms with Gasteiger partial charge in [-0.15, -0.1) is 0 Å². The number of aromatic nitrogens is 3. The molecule has 192 valence electrons. The fourth-order valence-corrected chi connectivity index (χ4v) is 6.42. The molecule has 0 bridgehead atoms. The van der Waals surface area contributed by atoms with Crippen molar-refractivity contribution in [1.29, 1.82) is 0 Å². The average Bonchev–Trinajstić information content (AvgIpc) is 3.32. The second kappa shape index (κ2) is 11.0. The summed E-state index contributed by atoms with van der Waals surface area (Å²) in [6.45, 7) is 3.70. The summed E-state index contributed by atoms with van der Waals surface area (Å²) in [6.07, 6.45) is 15.2. The molecular weight excluding hydrogens is 460 g/mol. The number of piperidine rings is 1. The van der Waals surface area contributed by atoms with Gasteiger partial charge in [0.05, 0.1) is 11.7 Å². The van der Waals surface area contributed by atoms with Crippen LogP contribution in [0.15, 0.2) is 67.4 Å². The molecule has 2 aliphatic heterocycles. The SMILES string of the molecule is O=C1N(C2CCCCC2)C[C@@H](c2ccccc2)N1C1CCN(Cc2ccc(-c3cncnc3)nc2)CC1. The van der Waals surface area contributed by atoms with Crippen LogP contribution in [0.3, 0.4) is 0 Å². The second-order valence-corrected chi connectivity index (χ2v) is 10.7. The summed E-state index contributed by atoms with van der Waals surface area (Å²) in [5.74, 6) is 0. The minimum absolute atomic E-state index is 0.158. The van der Waals surface area contributed by atoms with Crippen LogP contribution in [0.1, 0.15) is 62.1 Å². The molecule has 0 N–H and O–H groups in total. The van der Waals surface area contributed by atoms with Crippen LogP contribution in [0.5, 0.6) is 0 Å². The molecule has 3 aromatic rings. The third-order valence-electron chi connectivity index (χ3n) is 8.41. The number of pyridine rings is 1. The molecule has 0 unspecified atom stereocenters. The average molecular weight is 497 g/mol. The highest BCUT2D eigenvalue weighted by Crippen LogP contribution is 2.38. The summed E-state index contributed by atoms with van der Waals surface area (Å²) in [5, 5.41) is 0. The predicted molar refractivity (Wildman–Crippen MR) is 144 cm³/mol. The Balaban J connectivity index is 1.11. The third kappa shape index (κ3) is 5.23. The maximum Gasteiger partial charge on any atom is 0.321 e. The zero-order valence-electron chi connectivity index (χ0n) is 21.5. The van der Waals surface area contributed by atoms with Gasteiger partial charge >= 0.3 is 6.03 Å². The number of rotatable bonds is 6. The van der Waals surface area contributed by atoms with Crippen LogP contribution < -0.4 is 0 Å². The Hall–Kier alpha value is -3.32. The van der Waals surface area contributed by atoms with Gasteiger partial charge in [-0.2, -0.15) is 0 Å².